The van der Waals surface area contributed by atoms with Crippen LogP contribution in [0.4, 0.5) is 15.8 Å². The van der Waals surface area contributed by atoms with Gasteiger partial charge in [-0.1, -0.05) is 41.9 Å². The molecular weight excluding hydrogens is 501 g/mol. The highest BCUT2D eigenvalue weighted by Gasteiger charge is 2.53. The maximum atomic E-state index is 14.4. The molecule has 0 bridgehead atoms. The highest BCUT2D eigenvalue weighted by Crippen LogP contribution is 2.44. The van der Waals surface area contributed by atoms with E-state index in [9.17, 15) is 17.6 Å². The number of nitrogens with zero attached hydrogens (tertiary/aromatic N) is 2. The quantitative estimate of drug-likeness (QED) is 0.518. The fraction of sp³-hybridized carbons (Fsp3) is 0.296. The van der Waals surface area contributed by atoms with Crippen LogP contribution in [-0.2, 0) is 21.2 Å². The number of hydrogen-bond donors (Lipinski definition) is 1. The van der Waals surface area contributed by atoms with Crippen LogP contribution in [0.5, 0.6) is 0 Å². The normalized spacial score (nSPS) is 20.7. The summed E-state index contributed by atoms with van der Waals surface area (Å²) in [6, 6.07) is 17.9. The summed E-state index contributed by atoms with van der Waals surface area (Å²) in [5.41, 5.74) is 3.50. The molecule has 0 saturated carbocycles. The van der Waals surface area contributed by atoms with Gasteiger partial charge in [0.05, 0.1) is 5.92 Å². The van der Waals surface area contributed by atoms with Crippen LogP contribution >= 0.6 is 11.6 Å². The number of amides is 1. The molecule has 9 heteroatoms. The van der Waals surface area contributed by atoms with Crippen molar-refractivity contribution in [3.05, 3.63) is 77.1 Å². The highest BCUT2D eigenvalue weighted by atomic mass is 35.5. The highest BCUT2D eigenvalue weighted by molar-refractivity contribution is 7.89. The Balaban J connectivity index is 1.39. The molecule has 2 aliphatic heterocycles. The molecule has 0 aliphatic carbocycles. The summed E-state index contributed by atoms with van der Waals surface area (Å²) in [6.45, 7) is 6.43. The lowest BCUT2D eigenvalue weighted by Gasteiger charge is -2.56. The van der Waals surface area contributed by atoms with Gasteiger partial charge in [0.25, 0.3) is 0 Å². The second kappa shape index (κ2) is 8.57. The SMILES string of the molecule is C[C@@H]1Cc2cc(F)c(S(N)(=O)=O)cc2N1C(=O)C1CN(c2ccc(-c3ccccc3Cl)cc2)C1(C)C. The van der Waals surface area contributed by atoms with Crippen molar-refractivity contribution in [3.63, 3.8) is 0 Å². The summed E-state index contributed by atoms with van der Waals surface area (Å²) in [6.07, 6.45) is 0.448. The van der Waals surface area contributed by atoms with Crippen LogP contribution in [0.15, 0.2) is 65.6 Å². The number of halogens is 2. The molecule has 1 amide bonds. The molecule has 1 unspecified atom stereocenters. The number of anilines is 2. The first kappa shape index (κ1) is 24.7. The van der Waals surface area contributed by atoms with E-state index in [1.165, 1.54) is 12.1 Å². The monoisotopic (exact) mass is 527 g/mol. The Kier molecular flexibility index (Phi) is 5.89. The maximum Gasteiger partial charge on any atom is 0.241 e. The summed E-state index contributed by atoms with van der Waals surface area (Å²) >= 11 is 6.34. The van der Waals surface area contributed by atoms with Gasteiger partial charge in [-0.25, -0.2) is 17.9 Å². The molecule has 2 heterocycles. The van der Waals surface area contributed by atoms with Crippen LogP contribution < -0.4 is 14.9 Å². The number of carbonyl (C=O) groups is 1. The van der Waals surface area contributed by atoms with Crippen molar-refractivity contribution in [1.82, 2.24) is 0 Å². The Morgan fingerprint density at radius 3 is 2.39 bits per heavy atom. The lowest BCUT2D eigenvalue weighted by atomic mass is 9.75. The number of sulfonamides is 1. The van der Waals surface area contributed by atoms with Crippen molar-refractivity contribution in [3.8, 4) is 11.1 Å². The average Bonchev–Trinajstić information content (AvgIpc) is 3.12. The summed E-state index contributed by atoms with van der Waals surface area (Å²) in [7, 11) is -4.26. The van der Waals surface area contributed by atoms with Crippen LogP contribution in [0.1, 0.15) is 26.3 Å². The number of primary sulfonamides is 1. The van der Waals surface area contributed by atoms with E-state index in [1.807, 2.05) is 69.3 Å². The molecule has 0 radical (unpaired) electrons. The van der Waals surface area contributed by atoms with Gasteiger partial charge < -0.3 is 9.80 Å². The number of fused-ring (bicyclic) bond motifs is 1. The van der Waals surface area contributed by atoms with Gasteiger partial charge in [-0.05, 0) is 68.7 Å². The van der Waals surface area contributed by atoms with Gasteiger partial charge in [0, 0.05) is 40.1 Å². The van der Waals surface area contributed by atoms with Crippen molar-refractivity contribution in [1.29, 1.82) is 0 Å². The Morgan fingerprint density at radius 1 is 1.11 bits per heavy atom. The number of benzene rings is 3. The maximum absolute atomic E-state index is 14.4. The molecule has 6 nitrogen and oxygen atoms in total. The third-order valence-corrected chi connectivity index (χ3v) is 8.72. The zero-order chi connectivity index (χ0) is 26.0. The Labute approximate surface area is 215 Å². The van der Waals surface area contributed by atoms with Crippen LogP contribution in [0.3, 0.4) is 0 Å². The smallest absolute Gasteiger partial charge is 0.241 e. The van der Waals surface area contributed by atoms with Crippen LogP contribution in [0.2, 0.25) is 5.02 Å². The van der Waals surface area contributed by atoms with E-state index in [0.29, 0.717) is 29.2 Å². The minimum Gasteiger partial charge on any atom is -0.365 e. The van der Waals surface area contributed by atoms with Gasteiger partial charge in [-0.2, -0.15) is 0 Å². The van der Waals surface area contributed by atoms with Gasteiger partial charge in [0.15, 0.2) is 0 Å². The van der Waals surface area contributed by atoms with Gasteiger partial charge in [0.1, 0.15) is 10.7 Å². The third kappa shape index (κ3) is 3.97. The lowest BCUT2D eigenvalue weighted by Crippen LogP contribution is -2.69. The molecule has 3 aromatic carbocycles. The van der Waals surface area contributed by atoms with E-state index in [2.05, 4.69) is 4.90 Å². The topological polar surface area (TPSA) is 83.7 Å². The molecule has 1 fully saturated rings. The van der Waals surface area contributed by atoms with Gasteiger partial charge in [-0.3, -0.25) is 4.79 Å². The lowest BCUT2D eigenvalue weighted by molar-refractivity contribution is -0.126. The van der Waals surface area contributed by atoms with E-state index in [4.69, 9.17) is 16.7 Å². The number of hydrogen-bond acceptors (Lipinski definition) is 4. The first-order valence-corrected chi connectivity index (χ1v) is 13.6. The molecule has 2 N–H and O–H groups in total. The molecule has 2 atom stereocenters. The molecule has 3 aromatic rings. The van der Waals surface area contributed by atoms with E-state index in [1.54, 1.807) is 4.90 Å². The average molecular weight is 528 g/mol. The first-order chi connectivity index (χ1) is 16.9. The molecule has 0 spiro atoms. The fourth-order valence-corrected chi connectivity index (χ4v) is 6.24. The Morgan fingerprint density at radius 2 is 1.78 bits per heavy atom. The van der Waals surface area contributed by atoms with Gasteiger partial charge >= 0.3 is 0 Å². The number of rotatable bonds is 4. The second-order valence-corrected chi connectivity index (χ2v) is 12.0. The van der Waals surface area contributed by atoms with Crippen LogP contribution in [0, 0.1) is 11.7 Å². The van der Waals surface area contributed by atoms with Crippen LogP contribution in [-0.4, -0.2) is 32.5 Å². The molecule has 2 aliphatic rings. The summed E-state index contributed by atoms with van der Waals surface area (Å²) in [5, 5.41) is 5.89. The minimum absolute atomic E-state index is 0.109. The predicted molar refractivity (Wildman–Crippen MR) is 140 cm³/mol. The van der Waals surface area contributed by atoms with E-state index < -0.39 is 26.3 Å². The number of carbonyl (C=O) groups excluding carboxylic acids is 1. The summed E-state index contributed by atoms with van der Waals surface area (Å²) in [4.78, 5) is 16.9. The molecule has 1 saturated heterocycles. The Bertz CT molecular complexity index is 1470. The van der Waals surface area contributed by atoms with Crippen molar-refractivity contribution >= 4 is 38.9 Å². The molecule has 5 rings (SSSR count). The predicted octanol–water partition coefficient (Wildman–Crippen LogP) is 4.99. The van der Waals surface area contributed by atoms with Crippen LogP contribution in [0.25, 0.3) is 11.1 Å². The van der Waals surface area contributed by atoms with E-state index in [0.717, 1.165) is 16.8 Å². The standard InChI is InChI=1S/C27H27ClFN3O3S/c1-16-12-18-13-23(29)25(36(30,34)35)14-24(18)32(16)26(33)21-15-31(27(21,2)3)19-10-8-17(9-11-19)20-6-4-5-7-22(20)28/h4-11,13-14,16,21H,12,15H2,1-3H3,(H2,30,34,35)/t16-,21?/m1/s1. The molecule has 0 aromatic heterocycles. The molecular formula is C27H27ClFN3O3S. The van der Waals surface area contributed by atoms with Crippen molar-refractivity contribution < 1.29 is 17.6 Å². The van der Waals surface area contributed by atoms with E-state index >= 15 is 0 Å². The van der Waals surface area contributed by atoms with Gasteiger partial charge in [0.2, 0.25) is 15.9 Å². The van der Waals surface area contributed by atoms with E-state index in [-0.39, 0.29) is 17.9 Å². The zero-order valence-electron chi connectivity index (χ0n) is 20.2. The largest absolute Gasteiger partial charge is 0.365 e. The zero-order valence-corrected chi connectivity index (χ0v) is 21.8. The minimum atomic E-state index is -4.26. The summed E-state index contributed by atoms with van der Waals surface area (Å²) in [5.74, 6) is -1.33. The van der Waals surface area contributed by atoms with Crippen molar-refractivity contribution in [2.45, 2.75) is 43.7 Å². The first-order valence-electron chi connectivity index (χ1n) is 11.7. The molecule has 188 valence electrons. The second-order valence-electron chi connectivity index (χ2n) is 10.1. The number of nitrogens with two attached hydrogens (primary N) is 1. The van der Waals surface area contributed by atoms with Gasteiger partial charge in [-0.15, -0.1) is 0 Å². The summed E-state index contributed by atoms with van der Waals surface area (Å²) < 4.78 is 38.1. The van der Waals surface area contributed by atoms with Crippen molar-refractivity contribution in [2.75, 3.05) is 16.3 Å². The third-order valence-electron chi connectivity index (χ3n) is 7.47. The van der Waals surface area contributed by atoms with Crippen molar-refractivity contribution in [2.24, 2.45) is 11.1 Å². The fourth-order valence-electron chi connectivity index (χ4n) is 5.39. The Hall–Kier alpha value is -2.94. The molecule has 36 heavy (non-hydrogen) atoms.